The van der Waals surface area contributed by atoms with Gasteiger partial charge in [-0.25, -0.2) is 4.79 Å². The van der Waals surface area contributed by atoms with Crippen molar-refractivity contribution in [3.8, 4) is 0 Å². The standard InChI is InChI=1S/C22H28N4O6/c23-22(31)32-12-6-4-2-1-3-5-11-24-14-7-8-15-16(13-14)21(30)26(20(15)29)17-9-10-18(27)25-19(17)28/h7-8,13,17,24H,1-6,9-12H2,(H2,23,31)(H,25,27,28). The number of amides is 5. The summed E-state index contributed by atoms with van der Waals surface area (Å²) < 4.78 is 4.68. The number of hydrogen-bond acceptors (Lipinski definition) is 7. The monoisotopic (exact) mass is 444 g/mol. The number of primary amides is 1. The van der Waals surface area contributed by atoms with Crippen LogP contribution in [-0.4, -0.2) is 53.8 Å². The van der Waals surface area contributed by atoms with Gasteiger partial charge in [0.1, 0.15) is 6.04 Å². The number of anilines is 1. The first kappa shape index (κ1) is 23.2. The van der Waals surface area contributed by atoms with Crippen molar-refractivity contribution in [3.05, 3.63) is 29.3 Å². The summed E-state index contributed by atoms with van der Waals surface area (Å²) in [6.07, 6.45) is 5.38. The molecule has 10 nitrogen and oxygen atoms in total. The lowest BCUT2D eigenvalue weighted by Gasteiger charge is -2.27. The first-order valence-corrected chi connectivity index (χ1v) is 10.9. The van der Waals surface area contributed by atoms with E-state index in [-0.39, 0.29) is 24.0 Å². The molecule has 1 atom stereocenters. The van der Waals surface area contributed by atoms with Gasteiger partial charge < -0.3 is 15.8 Å². The van der Waals surface area contributed by atoms with Gasteiger partial charge in [-0.2, -0.15) is 0 Å². The lowest BCUT2D eigenvalue weighted by atomic mass is 10.0. The summed E-state index contributed by atoms with van der Waals surface area (Å²) in [4.78, 5) is 60.4. The van der Waals surface area contributed by atoms with Gasteiger partial charge in [0.2, 0.25) is 11.8 Å². The number of unbranched alkanes of at least 4 members (excludes halogenated alkanes) is 5. The van der Waals surface area contributed by atoms with Crippen LogP contribution in [0.4, 0.5) is 10.5 Å². The maximum Gasteiger partial charge on any atom is 0.404 e. The number of piperidine rings is 1. The minimum Gasteiger partial charge on any atom is -0.450 e. The number of fused-ring (bicyclic) bond motifs is 1. The molecule has 0 bridgehead atoms. The normalized spacial score (nSPS) is 17.9. The Bertz CT molecular complexity index is 916. The summed E-state index contributed by atoms with van der Waals surface area (Å²) in [5, 5.41) is 5.45. The smallest absolute Gasteiger partial charge is 0.404 e. The van der Waals surface area contributed by atoms with E-state index < -0.39 is 35.8 Å². The molecule has 2 aliphatic rings. The molecule has 32 heavy (non-hydrogen) atoms. The summed E-state index contributed by atoms with van der Waals surface area (Å²) in [7, 11) is 0. The summed E-state index contributed by atoms with van der Waals surface area (Å²) >= 11 is 0. The molecule has 1 unspecified atom stereocenters. The fourth-order valence-electron chi connectivity index (χ4n) is 3.92. The predicted molar refractivity (Wildman–Crippen MR) is 115 cm³/mol. The molecule has 0 radical (unpaired) electrons. The van der Waals surface area contributed by atoms with Gasteiger partial charge in [0.15, 0.2) is 0 Å². The zero-order chi connectivity index (χ0) is 23.1. The fourth-order valence-corrected chi connectivity index (χ4v) is 3.92. The molecular formula is C22H28N4O6. The van der Waals surface area contributed by atoms with Gasteiger partial charge in [0, 0.05) is 18.7 Å². The van der Waals surface area contributed by atoms with Crippen LogP contribution in [0.15, 0.2) is 18.2 Å². The number of nitrogens with one attached hydrogen (secondary N) is 2. The van der Waals surface area contributed by atoms with Crippen molar-refractivity contribution in [1.29, 1.82) is 0 Å². The SMILES string of the molecule is NC(=O)OCCCCCCCCNc1ccc2c(c1)C(=O)N(C1CCC(=O)NC1=O)C2=O. The summed E-state index contributed by atoms with van der Waals surface area (Å²) in [5.74, 6) is -2.03. The predicted octanol–water partition coefficient (Wildman–Crippen LogP) is 1.94. The Morgan fingerprint density at radius 2 is 1.72 bits per heavy atom. The van der Waals surface area contributed by atoms with Crippen LogP contribution in [-0.2, 0) is 14.3 Å². The van der Waals surface area contributed by atoms with Crippen molar-refractivity contribution in [2.45, 2.75) is 57.4 Å². The van der Waals surface area contributed by atoms with E-state index in [0.717, 1.165) is 55.7 Å². The van der Waals surface area contributed by atoms with Crippen molar-refractivity contribution in [3.63, 3.8) is 0 Å². The van der Waals surface area contributed by atoms with Crippen LogP contribution in [0.1, 0.15) is 72.1 Å². The van der Waals surface area contributed by atoms with Crippen LogP contribution in [0.2, 0.25) is 0 Å². The Balaban J connectivity index is 1.43. The third-order valence-electron chi connectivity index (χ3n) is 5.58. The molecule has 0 aromatic heterocycles. The number of nitrogens with zero attached hydrogens (tertiary/aromatic N) is 1. The van der Waals surface area contributed by atoms with Crippen molar-refractivity contribution in [2.24, 2.45) is 5.73 Å². The largest absolute Gasteiger partial charge is 0.450 e. The first-order chi connectivity index (χ1) is 15.4. The second-order valence-corrected chi connectivity index (χ2v) is 7.92. The second kappa shape index (κ2) is 10.7. The molecule has 0 aliphatic carbocycles. The van der Waals surface area contributed by atoms with Crippen LogP contribution in [0, 0.1) is 0 Å². The number of carbonyl (C=O) groups excluding carboxylic acids is 5. The zero-order valence-electron chi connectivity index (χ0n) is 17.9. The van der Waals surface area contributed by atoms with Gasteiger partial charge >= 0.3 is 6.09 Å². The molecule has 4 N–H and O–H groups in total. The van der Waals surface area contributed by atoms with Gasteiger partial charge in [-0.3, -0.25) is 29.4 Å². The van der Waals surface area contributed by atoms with Crippen molar-refractivity contribution in [2.75, 3.05) is 18.5 Å². The number of nitrogens with two attached hydrogens (primary N) is 1. The Labute approximate surface area is 185 Å². The van der Waals surface area contributed by atoms with Crippen LogP contribution in [0.5, 0.6) is 0 Å². The van der Waals surface area contributed by atoms with E-state index in [1.165, 1.54) is 0 Å². The average Bonchev–Trinajstić information content (AvgIpc) is 2.99. The maximum absolute atomic E-state index is 12.8. The lowest BCUT2D eigenvalue weighted by molar-refractivity contribution is -0.136. The minimum atomic E-state index is -0.959. The Hall–Kier alpha value is -3.43. The van der Waals surface area contributed by atoms with Crippen molar-refractivity contribution < 1.29 is 28.7 Å². The molecule has 5 amide bonds. The van der Waals surface area contributed by atoms with Gasteiger partial charge in [0.25, 0.3) is 11.8 Å². The molecular weight excluding hydrogens is 416 g/mol. The highest BCUT2D eigenvalue weighted by Crippen LogP contribution is 2.29. The van der Waals surface area contributed by atoms with E-state index in [2.05, 4.69) is 15.4 Å². The Morgan fingerprint density at radius 3 is 2.44 bits per heavy atom. The third-order valence-corrected chi connectivity index (χ3v) is 5.58. The first-order valence-electron chi connectivity index (χ1n) is 10.9. The number of carbonyl (C=O) groups is 5. The van der Waals surface area contributed by atoms with Gasteiger partial charge in [-0.1, -0.05) is 25.7 Å². The zero-order valence-corrected chi connectivity index (χ0v) is 17.9. The highest BCUT2D eigenvalue weighted by Gasteiger charge is 2.44. The Kier molecular flexibility index (Phi) is 7.80. The highest BCUT2D eigenvalue weighted by atomic mass is 16.5. The van der Waals surface area contributed by atoms with Crippen LogP contribution < -0.4 is 16.4 Å². The molecule has 1 aromatic carbocycles. The molecule has 0 saturated carbocycles. The van der Waals surface area contributed by atoms with E-state index >= 15 is 0 Å². The van der Waals surface area contributed by atoms with Crippen LogP contribution in [0.3, 0.4) is 0 Å². The molecule has 1 saturated heterocycles. The molecule has 1 fully saturated rings. The maximum atomic E-state index is 12.8. The third kappa shape index (κ3) is 5.63. The van der Waals surface area contributed by atoms with Crippen molar-refractivity contribution >= 4 is 35.4 Å². The quantitative estimate of drug-likeness (QED) is 0.349. The minimum absolute atomic E-state index is 0.0950. The van der Waals surface area contributed by atoms with Crippen LogP contribution >= 0.6 is 0 Å². The van der Waals surface area contributed by atoms with E-state index in [1.807, 2.05) is 0 Å². The molecule has 1 aromatic rings. The van der Waals surface area contributed by atoms with Crippen molar-refractivity contribution in [1.82, 2.24) is 10.2 Å². The molecule has 0 spiro atoms. The number of imide groups is 2. The molecule has 10 heteroatoms. The van der Waals surface area contributed by atoms with E-state index in [1.54, 1.807) is 18.2 Å². The average molecular weight is 444 g/mol. The fraction of sp³-hybridized carbons (Fsp3) is 0.500. The number of ether oxygens (including phenoxy) is 1. The van der Waals surface area contributed by atoms with E-state index in [4.69, 9.17) is 5.73 Å². The number of hydrogen-bond donors (Lipinski definition) is 3. The Morgan fingerprint density at radius 1 is 1.03 bits per heavy atom. The molecule has 3 rings (SSSR count). The number of benzene rings is 1. The van der Waals surface area contributed by atoms with Gasteiger partial charge in [-0.05, 0) is 37.5 Å². The molecule has 2 heterocycles. The van der Waals surface area contributed by atoms with E-state index in [9.17, 15) is 24.0 Å². The van der Waals surface area contributed by atoms with Gasteiger partial charge in [0.05, 0.1) is 17.7 Å². The molecule has 172 valence electrons. The number of rotatable bonds is 11. The topological polar surface area (TPSA) is 148 Å². The van der Waals surface area contributed by atoms with Crippen LogP contribution in [0.25, 0.3) is 0 Å². The van der Waals surface area contributed by atoms with E-state index in [0.29, 0.717) is 6.61 Å². The summed E-state index contributed by atoms with van der Waals surface area (Å²) in [5.41, 5.74) is 6.17. The highest BCUT2D eigenvalue weighted by molar-refractivity contribution is 6.23. The molecule has 2 aliphatic heterocycles. The summed E-state index contributed by atoms with van der Waals surface area (Å²) in [6.45, 7) is 1.08. The second-order valence-electron chi connectivity index (χ2n) is 7.92. The lowest BCUT2D eigenvalue weighted by Crippen LogP contribution is -2.54. The summed E-state index contributed by atoms with van der Waals surface area (Å²) in [6, 6.07) is 4.02. The van der Waals surface area contributed by atoms with Gasteiger partial charge in [-0.15, -0.1) is 0 Å².